The van der Waals surface area contributed by atoms with E-state index in [4.69, 9.17) is 4.74 Å². The monoisotopic (exact) mass is 352 g/mol. The summed E-state index contributed by atoms with van der Waals surface area (Å²) in [4.78, 5) is 14.9. The molecule has 3 rings (SSSR count). The summed E-state index contributed by atoms with van der Waals surface area (Å²) in [6.07, 6.45) is 4.51. The Kier molecular flexibility index (Phi) is 7.08. The highest BCUT2D eigenvalue weighted by atomic mass is 35.5. The number of hydrogen-bond acceptors (Lipinski definition) is 3. The van der Waals surface area contributed by atoms with Gasteiger partial charge in [0.25, 0.3) is 5.91 Å². The van der Waals surface area contributed by atoms with Gasteiger partial charge in [-0.1, -0.05) is 12.1 Å². The maximum Gasteiger partial charge on any atom is 0.254 e. The normalized spacial score (nSPS) is 19.8. The van der Waals surface area contributed by atoms with Gasteiger partial charge in [0.05, 0.1) is 6.10 Å². The molecule has 4 nitrogen and oxygen atoms in total. The molecule has 5 heteroatoms. The third kappa shape index (κ3) is 4.11. The highest BCUT2D eigenvalue weighted by molar-refractivity contribution is 5.96. The average Bonchev–Trinajstić information content (AvgIpc) is 2.62. The summed E-state index contributed by atoms with van der Waals surface area (Å²) in [6.45, 7) is 5.87. The molecule has 2 aliphatic heterocycles. The van der Waals surface area contributed by atoms with Crippen LogP contribution in [0.5, 0.6) is 0 Å². The van der Waals surface area contributed by atoms with Crippen LogP contribution in [0.1, 0.15) is 53.1 Å². The largest absolute Gasteiger partial charge is 0.381 e. The Labute approximate surface area is 151 Å². The molecule has 1 amide bonds. The van der Waals surface area contributed by atoms with E-state index in [1.807, 2.05) is 11.0 Å². The van der Waals surface area contributed by atoms with Crippen LogP contribution in [-0.4, -0.2) is 50.2 Å². The Morgan fingerprint density at radius 3 is 2.46 bits per heavy atom. The van der Waals surface area contributed by atoms with Crippen molar-refractivity contribution in [3.63, 3.8) is 0 Å². The van der Waals surface area contributed by atoms with Gasteiger partial charge in [0.1, 0.15) is 0 Å². The zero-order chi connectivity index (χ0) is 16.2. The number of nitrogens with zero attached hydrogens (tertiary/aromatic N) is 1. The van der Waals surface area contributed by atoms with Crippen molar-refractivity contribution in [3.05, 3.63) is 34.9 Å². The number of carbonyl (C=O) groups is 1. The third-order valence-corrected chi connectivity index (χ3v) is 5.45. The fraction of sp³-hybridized carbons (Fsp3) is 0.632. The van der Waals surface area contributed by atoms with E-state index in [2.05, 4.69) is 24.4 Å². The number of halogens is 1. The Balaban J connectivity index is 0.00000208. The Hall–Kier alpha value is -1.10. The smallest absolute Gasteiger partial charge is 0.254 e. The van der Waals surface area contributed by atoms with Gasteiger partial charge in [-0.2, -0.15) is 0 Å². The lowest BCUT2D eigenvalue weighted by atomic mass is 9.85. The third-order valence-electron chi connectivity index (χ3n) is 5.45. The average molecular weight is 353 g/mol. The molecule has 0 saturated carbocycles. The van der Waals surface area contributed by atoms with E-state index in [1.54, 1.807) is 7.11 Å². The maximum absolute atomic E-state index is 12.9. The molecule has 134 valence electrons. The standard InChI is InChI=1S/C19H28N2O2.ClH/c1-14-17(15-6-10-20-11-7-15)4-3-5-18(14)19(22)21-12-8-16(23-2)9-13-21;/h3-5,15-16,20H,6-13H2,1-2H3;1H. The van der Waals surface area contributed by atoms with Gasteiger partial charge in [0.15, 0.2) is 0 Å². The van der Waals surface area contributed by atoms with Crippen molar-refractivity contribution in [2.24, 2.45) is 0 Å². The van der Waals surface area contributed by atoms with Crippen molar-refractivity contribution in [3.8, 4) is 0 Å². The predicted octanol–water partition coefficient (Wildman–Crippen LogP) is 3.13. The molecule has 1 aromatic carbocycles. The molecule has 1 N–H and O–H groups in total. The number of rotatable bonds is 3. The first kappa shape index (κ1) is 19.2. The Morgan fingerprint density at radius 2 is 1.83 bits per heavy atom. The molecule has 1 aromatic rings. The van der Waals surface area contributed by atoms with Gasteiger partial charge in [-0.05, 0) is 68.8 Å². The van der Waals surface area contributed by atoms with Crippen LogP contribution in [0.15, 0.2) is 18.2 Å². The maximum atomic E-state index is 12.9. The molecule has 2 saturated heterocycles. The van der Waals surface area contributed by atoms with E-state index in [9.17, 15) is 4.79 Å². The molecule has 2 heterocycles. The van der Waals surface area contributed by atoms with Crippen LogP contribution in [0.25, 0.3) is 0 Å². The number of hydrogen-bond donors (Lipinski definition) is 1. The van der Waals surface area contributed by atoms with Crippen molar-refractivity contribution >= 4 is 18.3 Å². The minimum Gasteiger partial charge on any atom is -0.381 e. The summed E-state index contributed by atoms with van der Waals surface area (Å²) in [5.74, 6) is 0.774. The van der Waals surface area contributed by atoms with E-state index in [-0.39, 0.29) is 18.3 Å². The van der Waals surface area contributed by atoms with Crippen molar-refractivity contribution < 1.29 is 9.53 Å². The van der Waals surface area contributed by atoms with Crippen LogP contribution < -0.4 is 5.32 Å². The molecular weight excluding hydrogens is 324 g/mol. The molecule has 0 aliphatic carbocycles. The first-order valence-corrected chi connectivity index (χ1v) is 8.83. The molecule has 2 fully saturated rings. The van der Waals surface area contributed by atoms with Gasteiger partial charge < -0.3 is 15.0 Å². The lowest BCUT2D eigenvalue weighted by molar-refractivity contribution is 0.0350. The zero-order valence-corrected chi connectivity index (χ0v) is 15.5. The molecule has 0 aromatic heterocycles. The van der Waals surface area contributed by atoms with Gasteiger partial charge in [-0.15, -0.1) is 12.4 Å². The summed E-state index contributed by atoms with van der Waals surface area (Å²) in [6, 6.07) is 6.25. The number of piperidine rings is 2. The number of ether oxygens (including phenoxy) is 1. The molecular formula is C19H29ClN2O2. The van der Waals surface area contributed by atoms with Crippen molar-refractivity contribution in [2.45, 2.75) is 44.6 Å². The first-order valence-electron chi connectivity index (χ1n) is 8.83. The van der Waals surface area contributed by atoms with Gasteiger partial charge in [0.2, 0.25) is 0 Å². The van der Waals surface area contributed by atoms with E-state index in [0.717, 1.165) is 57.4 Å². The highest BCUT2D eigenvalue weighted by Crippen LogP contribution is 2.30. The summed E-state index contributed by atoms with van der Waals surface area (Å²) in [5.41, 5.74) is 3.43. The lowest BCUT2D eigenvalue weighted by Gasteiger charge is -2.32. The second-order valence-corrected chi connectivity index (χ2v) is 6.77. The second-order valence-electron chi connectivity index (χ2n) is 6.77. The number of likely N-dealkylation sites (tertiary alicyclic amines) is 1. The van der Waals surface area contributed by atoms with Gasteiger partial charge in [-0.25, -0.2) is 0 Å². The first-order chi connectivity index (χ1) is 11.2. The lowest BCUT2D eigenvalue weighted by Crippen LogP contribution is -2.41. The quantitative estimate of drug-likeness (QED) is 0.908. The van der Waals surface area contributed by atoms with Crippen LogP contribution in [0, 0.1) is 6.92 Å². The highest BCUT2D eigenvalue weighted by Gasteiger charge is 2.26. The van der Waals surface area contributed by atoms with Crippen molar-refractivity contribution in [2.75, 3.05) is 33.3 Å². The van der Waals surface area contributed by atoms with E-state index in [0.29, 0.717) is 12.0 Å². The van der Waals surface area contributed by atoms with Crippen molar-refractivity contribution in [1.29, 1.82) is 0 Å². The van der Waals surface area contributed by atoms with Gasteiger partial charge >= 0.3 is 0 Å². The Bertz CT molecular complexity index is 550. The van der Waals surface area contributed by atoms with E-state index >= 15 is 0 Å². The summed E-state index contributed by atoms with van der Waals surface area (Å²) in [5, 5.41) is 3.42. The zero-order valence-electron chi connectivity index (χ0n) is 14.7. The number of methoxy groups -OCH3 is 1. The van der Waals surface area contributed by atoms with Crippen LogP contribution in [0.3, 0.4) is 0 Å². The fourth-order valence-electron chi connectivity index (χ4n) is 3.93. The predicted molar refractivity (Wildman–Crippen MR) is 99.2 cm³/mol. The van der Waals surface area contributed by atoms with Crippen molar-refractivity contribution in [1.82, 2.24) is 10.2 Å². The Morgan fingerprint density at radius 1 is 1.17 bits per heavy atom. The SMILES string of the molecule is COC1CCN(C(=O)c2cccc(C3CCNCC3)c2C)CC1.Cl. The second kappa shape index (κ2) is 8.84. The molecule has 0 unspecified atom stereocenters. The minimum atomic E-state index is 0. The molecule has 2 aliphatic rings. The van der Waals surface area contributed by atoms with Crippen LogP contribution >= 0.6 is 12.4 Å². The number of carbonyl (C=O) groups excluding carboxylic acids is 1. The molecule has 0 bridgehead atoms. The summed E-state index contributed by atoms with van der Waals surface area (Å²) in [7, 11) is 1.76. The summed E-state index contributed by atoms with van der Waals surface area (Å²) >= 11 is 0. The van der Waals surface area contributed by atoms with E-state index in [1.165, 1.54) is 11.1 Å². The molecule has 0 spiro atoms. The van der Waals surface area contributed by atoms with Crippen LogP contribution in [-0.2, 0) is 4.74 Å². The van der Waals surface area contributed by atoms with Crippen LogP contribution in [0.4, 0.5) is 0 Å². The summed E-state index contributed by atoms with van der Waals surface area (Å²) < 4.78 is 5.40. The minimum absolute atomic E-state index is 0. The van der Waals surface area contributed by atoms with Gasteiger partial charge in [-0.3, -0.25) is 4.79 Å². The number of nitrogens with one attached hydrogen (secondary N) is 1. The van der Waals surface area contributed by atoms with Crippen LogP contribution in [0.2, 0.25) is 0 Å². The fourth-order valence-corrected chi connectivity index (χ4v) is 3.93. The number of amides is 1. The molecule has 24 heavy (non-hydrogen) atoms. The number of benzene rings is 1. The van der Waals surface area contributed by atoms with Gasteiger partial charge in [0, 0.05) is 25.8 Å². The molecule has 0 atom stereocenters. The molecule has 0 radical (unpaired) electrons. The van der Waals surface area contributed by atoms with E-state index < -0.39 is 0 Å². The topological polar surface area (TPSA) is 41.6 Å².